The number of likely N-dealkylation sites (tertiary alicyclic amines) is 1. The highest BCUT2D eigenvalue weighted by Gasteiger charge is 2.44. The van der Waals surface area contributed by atoms with Gasteiger partial charge in [0.05, 0.1) is 19.1 Å². The van der Waals surface area contributed by atoms with E-state index in [1.165, 1.54) is 5.56 Å². The van der Waals surface area contributed by atoms with Crippen LogP contribution < -0.4 is 5.32 Å². The van der Waals surface area contributed by atoms with Gasteiger partial charge in [-0.25, -0.2) is 9.18 Å². The highest BCUT2D eigenvalue weighted by molar-refractivity contribution is 6.30. The van der Waals surface area contributed by atoms with Crippen molar-refractivity contribution in [1.29, 1.82) is 0 Å². The Labute approximate surface area is 191 Å². The van der Waals surface area contributed by atoms with Gasteiger partial charge >= 0.3 is 6.03 Å². The fourth-order valence-corrected chi connectivity index (χ4v) is 4.66. The average molecular weight is 454 g/mol. The van der Waals surface area contributed by atoms with E-state index in [4.69, 9.17) is 11.6 Å². The molecule has 8 heteroatoms. The van der Waals surface area contributed by atoms with Crippen molar-refractivity contribution in [2.75, 3.05) is 6.54 Å². The van der Waals surface area contributed by atoms with E-state index < -0.39 is 12.2 Å². The summed E-state index contributed by atoms with van der Waals surface area (Å²) < 4.78 is 16.4. The monoisotopic (exact) mass is 453 g/mol. The average Bonchev–Trinajstić information content (AvgIpc) is 3.31. The van der Waals surface area contributed by atoms with Crippen LogP contribution in [0.4, 0.5) is 9.18 Å². The van der Waals surface area contributed by atoms with E-state index in [0.717, 1.165) is 17.8 Å². The van der Waals surface area contributed by atoms with Crippen LogP contribution >= 0.6 is 11.6 Å². The molecule has 0 bridgehead atoms. The van der Waals surface area contributed by atoms with Crippen LogP contribution in [0.3, 0.4) is 0 Å². The van der Waals surface area contributed by atoms with Crippen molar-refractivity contribution in [3.8, 4) is 0 Å². The number of benzene rings is 2. The largest absolute Gasteiger partial charge is 0.335 e. The van der Waals surface area contributed by atoms with Gasteiger partial charge in [0, 0.05) is 23.4 Å². The summed E-state index contributed by atoms with van der Waals surface area (Å²) in [6.45, 7) is 2.46. The molecule has 166 valence electrons. The van der Waals surface area contributed by atoms with Crippen molar-refractivity contribution < 1.29 is 9.18 Å². The Morgan fingerprint density at radius 3 is 2.62 bits per heavy atom. The molecule has 5 rings (SSSR count). The SMILES string of the molecule is Cc1nnc([C@H]2CC(F)CN2C(=O)NC2C[C@@H]2c2ccccc2)n1Cc1ccc(Cl)cc1. The topological polar surface area (TPSA) is 63.1 Å². The lowest BCUT2D eigenvalue weighted by Crippen LogP contribution is -2.42. The van der Waals surface area contributed by atoms with Gasteiger partial charge in [-0.15, -0.1) is 10.2 Å². The Hall–Kier alpha value is -2.93. The molecule has 1 aliphatic carbocycles. The smallest absolute Gasteiger partial charge is 0.318 e. The molecular formula is C24H25ClFN5O. The fraction of sp³-hybridized carbons (Fsp3) is 0.375. The van der Waals surface area contributed by atoms with Crippen molar-refractivity contribution in [3.05, 3.63) is 82.4 Å². The predicted molar refractivity (Wildman–Crippen MR) is 120 cm³/mol. The second-order valence-electron chi connectivity index (χ2n) is 8.63. The van der Waals surface area contributed by atoms with Gasteiger partial charge in [0.25, 0.3) is 0 Å². The first kappa shape index (κ1) is 20.9. The second kappa shape index (κ2) is 8.54. The quantitative estimate of drug-likeness (QED) is 0.612. The minimum atomic E-state index is -1.09. The summed E-state index contributed by atoms with van der Waals surface area (Å²) in [7, 11) is 0. The third-order valence-electron chi connectivity index (χ3n) is 6.35. The molecule has 2 amide bonds. The molecule has 6 nitrogen and oxygen atoms in total. The molecule has 2 aliphatic rings. The molecule has 1 aromatic heterocycles. The molecule has 1 saturated carbocycles. The predicted octanol–water partition coefficient (Wildman–Crippen LogP) is 4.64. The lowest BCUT2D eigenvalue weighted by Gasteiger charge is -2.25. The Morgan fingerprint density at radius 1 is 1.12 bits per heavy atom. The number of hydrogen-bond acceptors (Lipinski definition) is 3. The molecule has 2 heterocycles. The third-order valence-corrected chi connectivity index (χ3v) is 6.61. The fourth-order valence-electron chi connectivity index (χ4n) is 4.53. The summed E-state index contributed by atoms with van der Waals surface area (Å²) in [6.07, 6.45) is 0.0360. The van der Waals surface area contributed by atoms with Gasteiger partial charge in [-0.2, -0.15) is 0 Å². The van der Waals surface area contributed by atoms with Crippen LogP contribution in [0.15, 0.2) is 54.6 Å². The van der Waals surface area contributed by atoms with Gasteiger partial charge in [-0.05, 0) is 36.6 Å². The summed E-state index contributed by atoms with van der Waals surface area (Å²) in [6, 6.07) is 17.1. The van der Waals surface area contributed by atoms with Gasteiger partial charge in [0.2, 0.25) is 0 Å². The second-order valence-corrected chi connectivity index (χ2v) is 9.06. The summed E-state index contributed by atoms with van der Waals surface area (Å²) in [4.78, 5) is 14.7. The Kier molecular flexibility index (Phi) is 5.59. The normalized spacial score (nSPS) is 24.5. The summed E-state index contributed by atoms with van der Waals surface area (Å²) in [5.41, 5.74) is 2.26. The Bertz CT molecular complexity index is 1100. The first-order valence-electron chi connectivity index (χ1n) is 10.9. The number of nitrogens with zero attached hydrogens (tertiary/aromatic N) is 4. The highest BCUT2D eigenvalue weighted by Crippen LogP contribution is 2.41. The first-order valence-corrected chi connectivity index (χ1v) is 11.3. The number of halogens is 2. The van der Waals surface area contributed by atoms with Gasteiger partial charge < -0.3 is 14.8 Å². The van der Waals surface area contributed by atoms with E-state index in [0.29, 0.717) is 23.3 Å². The van der Waals surface area contributed by atoms with Crippen molar-refractivity contribution >= 4 is 17.6 Å². The van der Waals surface area contributed by atoms with Crippen molar-refractivity contribution in [2.45, 2.75) is 50.5 Å². The number of hydrogen-bond donors (Lipinski definition) is 1. The molecule has 2 aromatic carbocycles. The van der Waals surface area contributed by atoms with E-state index >= 15 is 0 Å². The Morgan fingerprint density at radius 2 is 1.88 bits per heavy atom. The molecule has 1 aliphatic heterocycles. The zero-order chi connectivity index (χ0) is 22.2. The maximum absolute atomic E-state index is 14.5. The zero-order valence-corrected chi connectivity index (χ0v) is 18.5. The third kappa shape index (κ3) is 4.21. The van der Waals surface area contributed by atoms with Crippen LogP contribution in [0, 0.1) is 6.92 Å². The zero-order valence-electron chi connectivity index (χ0n) is 17.8. The standard InChI is InChI=1S/C24H25ClFN5O/c1-15-28-29-23(30(15)13-16-7-9-18(25)10-8-16)22-11-19(26)14-31(22)24(32)27-21-12-20(21)17-5-3-2-4-6-17/h2-10,19-22H,11-14H2,1H3,(H,27,32)/t19?,20-,21?,22-/m1/s1. The van der Waals surface area contributed by atoms with E-state index in [9.17, 15) is 9.18 Å². The first-order chi connectivity index (χ1) is 15.5. The van der Waals surface area contributed by atoms with E-state index in [1.807, 2.05) is 54.0 Å². The minimum Gasteiger partial charge on any atom is -0.335 e. The number of amides is 2. The lowest BCUT2D eigenvalue weighted by atomic mass is 10.1. The van der Waals surface area contributed by atoms with Crippen LogP contribution in [0.25, 0.3) is 0 Å². The number of rotatable bonds is 5. The molecule has 4 atom stereocenters. The molecule has 1 N–H and O–H groups in total. The van der Waals surface area contributed by atoms with Crippen LogP contribution in [0.2, 0.25) is 5.02 Å². The molecule has 0 radical (unpaired) electrons. The van der Waals surface area contributed by atoms with E-state index in [-0.39, 0.29) is 25.0 Å². The summed E-state index contributed by atoms with van der Waals surface area (Å²) >= 11 is 6.00. The van der Waals surface area contributed by atoms with Gasteiger partial charge in [-0.1, -0.05) is 54.1 Å². The van der Waals surface area contributed by atoms with Crippen molar-refractivity contribution in [2.24, 2.45) is 0 Å². The molecule has 0 spiro atoms. The molecule has 1 saturated heterocycles. The number of aryl methyl sites for hydroxylation is 1. The number of aromatic nitrogens is 3. The Balaban J connectivity index is 1.32. The number of urea groups is 1. The molecular weight excluding hydrogens is 429 g/mol. The minimum absolute atomic E-state index is 0.0616. The summed E-state index contributed by atoms with van der Waals surface area (Å²) in [5.74, 6) is 1.66. The van der Waals surface area contributed by atoms with Crippen molar-refractivity contribution in [3.63, 3.8) is 0 Å². The lowest BCUT2D eigenvalue weighted by molar-refractivity contribution is 0.187. The van der Waals surface area contributed by atoms with E-state index in [2.05, 4.69) is 27.6 Å². The van der Waals surface area contributed by atoms with Gasteiger partial charge in [0.1, 0.15) is 12.0 Å². The van der Waals surface area contributed by atoms with Crippen LogP contribution in [0.1, 0.15) is 47.6 Å². The summed E-state index contributed by atoms with van der Waals surface area (Å²) in [5, 5.41) is 12.3. The van der Waals surface area contributed by atoms with E-state index in [1.54, 1.807) is 4.90 Å². The van der Waals surface area contributed by atoms with Gasteiger partial charge in [0.15, 0.2) is 5.82 Å². The molecule has 2 unspecified atom stereocenters. The molecule has 3 aromatic rings. The highest BCUT2D eigenvalue weighted by atomic mass is 35.5. The maximum atomic E-state index is 14.5. The number of carbonyl (C=O) groups is 1. The van der Waals surface area contributed by atoms with Crippen LogP contribution in [-0.2, 0) is 6.54 Å². The maximum Gasteiger partial charge on any atom is 0.318 e. The number of carbonyl (C=O) groups excluding carboxylic acids is 1. The van der Waals surface area contributed by atoms with Crippen LogP contribution in [-0.4, -0.2) is 44.5 Å². The van der Waals surface area contributed by atoms with Crippen molar-refractivity contribution in [1.82, 2.24) is 25.0 Å². The molecule has 32 heavy (non-hydrogen) atoms. The molecule has 2 fully saturated rings. The number of alkyl halides is 1. The van der Waals surface area contributed by atoms with Gasteiger partial charge in [-0.3, -0.25) is 0 Å². The van der Waals surface area contributed by atoms with Crippen LogP contribution in [0.5, 0.6) is 0 Å². The number of nitrogens with one attached hydrogen (secondary N) is 1.